The number of aromatic nitrogens is 3. The van der Waals surface area contributed by atoms with Crippen LogP contribution in [0.2, 0.25) is 0 Å². The minimum Gasteiger partial charge on any atom is -0.456 e. The number of furan rings is 1. The van der Waals surface area contributed by atoms with Gasteiger partial charge in [-0.2, -0.15) is 11.8 Å². The summed E-state index contributed by atoms with van der Waals surface area (Å²) in [5.74, 6) is 4.31. The fourth-order valence-electron chi connectivity index (χ4n) is 10.8. The van der Waals surface area contributed by atoms with Gasteiger partial charge in [0.2, 0.25) is 0 Å². The molecule has 1 saturated heterocycles. The number of nitrogens with zero attached hydrogens (tertiary/aromatic N) is 4. The minimum atomic E-state index is 0.542. The summed E-state index contributed by atoms with van der Waals surface area (Å²) in [6.07, 6.45) is 8.39. The number of anilines is 2. The molecule has 0 spiro atoms. The third-order valence-corrected chi connectivity index (χ3v) is 15.3. The van der Waals surface area contributed by atoms with Crippen molar-refractivity contribution >= 4 is 45.1 Å². The second-order valence-electron chi connectivity index (χ2n) is 16.5. The van der Waals surface area contributed by atoms with Crippen LogP contribution in [-0.2, 0) is 0 Å². The lowest BCUT2D eigenvalue weighted by Crippen LogP contribution is -2.41. The summed E-state index contributed by atoms with van der Waals surface area (Å²) in [7, 11) is 0. The van der Waals surface area contributed by atoms with E-state index in [2.05, 4.69) is 102 Å². The summed E-state index contributed by atoms with van der Waals surface area (Å²) in [5.41, 5.74) is 11.1. The molecule has 6 unspecified atom stereocenters. The molecule has 5 nitrogen and oxygen atoms in total. The Morgan fingerprint density at radius 2 is 1.11 bits per heavy atom. The normalized spacial score (nSPS) is 23.6. The Bertz CT molecular complexity index is 2730. The average molecular weight is 759 g/mol. The lowest BCUT2D eigenvalue weighted by molar-refractivity contribution is 0.208. The van der Waals surface area contributed by atoms with Gasteiger partial charge in [-0.3, -0.25) is 0 Å². The van der Waals surface area contributed by atoms with Gasteiger partial charge in [0.1, 0.15) is 11.2 Å². The lowest BCUT2D eigenvalue weighted by atomic mass is 9.68. The zero-order valence-corrected chi connectivity index (χ0v) is 32.5. The van der Waals surface area contributed by atoms with E-state index in [0.717, 1.165) is 66.5 Å². The number of hydrogen-bond acceptors (Lipinski definition) is 6. The highest BCUT2D eigenvalue weighted by Gasteiger charge is 2.53. The summed E-state index contributed by atoms with van der Waals surface area (Å²) in [6.45, 7) is 0. The molecule has 6 atom stereocenters. The van der Waals surface area contributed by atoms with Crippen LogP contribution in [0, 0.1) is 11.8 Å². The second-order valence-corrected chi connectivity index (χ2v) is 18.0. The van der Waals surface area contributed by atoms with Crippen LogP contribution in [0.5, 0.6) is 0 Å². The first kappa shape index (κ1) is 33.4. The summed E-state index contributed by atoms with van der Waals surface area (Å²) in [4.78, 5) is 17.5. The Kier molecular flexibility index (Phi) is 7.89. The predicted octanol–water partition coefficient (Wildman–Crippen LogP) is 13.1. The summed E-state index contributed by atoms with van der Waals surface area (Å²) >= 11 is 2.37. The number of rotatable bonds is 5. The van der Waals surface area contributed by atoms with Crippen LogP contribution < -0.4 is 4.90 Å². The molecule has 4 heterocycles. The van der Waals surface area contributed by atoms with Crippen molar-refractivity contribution in [1.82, 2.24) is 15.0 Å². The molecule has 6 aromatic carbocycles. The Labute approximate surface area is 337 Å². The third-order valence-electron chi connectivity index (χ3n) is 13.4. The van der Waals surface area contributed by atoms with E-state index in [1.807, 2.05) is 60.7 Å². The van der Waals surface area contributed by atoms with Crippen LogP contribution >= 0.6 is 11.8 Å². The molecule has 2 saturated carbocycles. The van der Waals surface area contributed by atoms with E-state index in [9.17, 15) is 0 Å². The molecule has 0 amide bonds. The highest BCUT2D eigenvalue weighted by atomic mass is 32.2. The largest absolute Gasteiger partial charge is 0.456 e. The van der Waals surface area contributed by atoms with Crippen LogP contribution in [0.1, 0.15) is 50.0 Å². The van der Waals surface area contributed by atoms with Crippen molar-refractivity contribution in [1.29, 1.82) is 0 Å². The minimum absolute atomic E-state index is 0.542. The fraction of sp³-hybridized carbons (Fsp3) is 0.235. The van der Waals surface area contributed by atoms with Gasteiger partial charge in [-0.05, 0) is 96.7 Å². The molecule has 57 heavy (non-hydrogen) atoms. The molecule has 2 aliphatic carbocycles. The quantitative estimate of drug-likeness (QED) is 0.174. The van der Waals surface area contributed by atoms with Crippen molar-refractivity contribution in [2.45, 2.75) is 61.0 Å². The molecule has 0 N–H and O–H groups in total. The first-order chi connectivity index (χ1) is 28.2. The Hall–Kier alpha value is -5.72. The van der Waals surface area contributed by atoms with E-state index in [4.69, 9.17) is 19.4 Å². The van der Waals surface area contributed by atoms with E-state index < -0.39 is 0 Å². The zero-order valence-electron chi connectivity index (χ0n) is 31.7. The average Bonchev–Trinajstić information content (AvgIpc) is 3.94. The fourth-order valence-corrected chi connectivity index (χ4v) is 12.9. The van der Waals surface area contributed by atoms with E-state index in [1.165, 1.54) is 55.5 Å². The van der Waals surface area contributed by atoms with Gasteiger partial charge in [-0.15, -0.1) is 0 Å². The topological polar surface area (TPSA) is 55.1 Å². The molecule has 12 rings (SSSR count). The monoisotopic (exact) mass is 758 g/mol. The van der Waals surface area contributed by atoms with Crippen molar-refractivity contribution < 1.29 is 4.42 Å². The first-order valence-electron chi connectivity index (χ1n) is 20.7. The summed E-state index contributed by atoms with van der Waals surface area (Å²) in [5, 5.41) is 3.91. The SMILES string of the molecule is c1ccc(-c2nc(-c3ccccc3)nc(-c3ccc4c(c3)oc3cc(-c5ccc(N6c7ccccc7C7CC8SC9CCCCC9C8CC76)cc5)ccc34)n2)cc1. The molecule has 8 aromatic rings. The van der Waals surface area contributed by atoms with E-state index >= 15 is 0 Å². The number of fused-ring (bicyclic) bond motifs is 9. The molecular weight excluding hydrogens is 717 g/mol. The summed E-state index contributed by atoms with van der Waals surface area (Å²) < 4.78 is 6.60. The van der Waals surface area contributed by atoms with Gasteiger partial charge in [0.15, 0.2) is 17.5 Å². The van der Waals surface area contributed by atoms with Crippen LogP contribution in [0.15, 0.2) is 150 Å². The van der Waals surface area contributed by atoms with Crippen molar-refractivity contribution in [3.05, 3.63) is 151 Å². The Morgan fingerprint density at radius 1 is 0.509 bits per heavy atom. The molecule has 2 aromatic heterocycles. The van der Waals surface area contributed by atoms with Crippen LogP contribution in [-0.4, -0.2) is 31.5 Å². The van der Waals surface area contributed by atoms with Gasteiger partial charge in [-0.1, -0.05) is 116 Å². The van der Waals surface area contributed by atoms with Gasteiger partial charge in [0.05, 0.1) is 0 Å². The number of thioether (sulfide) groups is 1. The van der Waals surface area contributed by atoms with Crippen molar-refractivity contribution in [2.24, 2.45) is 11.8 Å². The van der Waals surface area contributed by atoms with Gasteiger partial charge in [0.25, 0.3) is 0 Å². The number of hydrogen-bond donors (Lipinski definition) is 0. The van der Waals surface area contributed by atoms with Crippen LogP contribution in [0.4, 0.5) is 11.4 Å². The van der Waals surface area contributed by atoms with Crippen LogP contribution in [0.25, 0.3) is 67.2 Å². The molecule has 278 valence electrons. The first-order valence-corrected chi connectivity index (χ1v) is 21.6. The standard InChI is InChI=1S/C51H42N4OS/c1-3-11-32(12-4-1)49-52-50(33-13-5-2-6-14-33)54-51(53-49)35-22-26-39-38-25-21-34(27-45(38)56-46(39)28-35)31-19-23-36(24-20-31)55-43-17-9-7-15-37(43)41-30-48-42(29-44(41)55)40-16-8-10-18-47(40)57-48/h1-7,9,11-15,17,19-28,40-42,44,47-48H,8,10,16,18,29-30H2. The molecule has 0 radical (unpaired) electrons. The van der Waals surface area contributed by atoms with Crippen molar-refractivity contribution in [2.75, 3.05) is 4.90 Å². The smallest absolute Gasteiger partial charge is 0.164 e. The van der Waals surface area contributed by atoms with Gasteiger partial charge >= 0.3 is 0 Å². The molecule has 2 aliphatic heterocycles. The molecule has 3 fully saturated rings. The molecule has 0 bridgehead atoms. The Morgan fingerprint density at radius 3 is 1.82 bits per heavy atom. The maximum absolute atomic E-state index is 6.60. The highest BCUT2D eigenvalue weighted by molar-refractivity contribution is 8.00. The van der Waals surface area contributed by atoms with Crippen molar-refractivity contribution in [3.63, 3.8) is 0 Å². The van der Waals surface area contributed by atoms with Crippen LogP contribution in [0.3, 0.4) is 0 Å². The molecule has 4 aliphatic rings. The van der Waals surface area contributed by atoms with Gasteiger partial charge in [0, 0.05) is 61.3 Å². The molecule has 6 heteroatoms. The second kappa shape index (κ2) is 13.5. The Balaban J connectivity index is 0.859. The van der Waals surface area contributed by atoms with E-state index in [1.54, 1.807) is 5.56 Å². The summed E-state index contributed by atoms with van der Waals surface area (Å²) in [6, 6.07) is 52.2. The van der Waals surface area contributed by atoms with E-state index in [0.29, 0.717) is 29.4 Å². The molecular formula is C51H42N4OS. The van der Waals surface area contributed by atoms with Crippen molar-refractivity contribution in [3.8, 4) is 45.3 Å². The van der Waals surface area contributed by atoms with Gasteiger partial charge < -0.3 is 9.32 Å². The maximum atomic E-state index is 6.60. The zero-order chi connectivity index (χ0) is 37.5. The highest BCUT2D eigenvalue weighted by Crippen LogP contribution is 2.61. The van der Waals surface area contributed by atoms with Gasteiger partial charge in [-0.25, -0.2) is 15.0 Å². The number of para-hydroxylation sites is 1. The lowest BCUT2D eigenvalue weighted by Gasteiger charge is -2.41. The van der Waals surface area contributed by atoms with E-state index in [-0.39, 0.29) is 0 Å². The third kappa shape index (κ3) is 5.63. The number of benzene rings is 6. The predicted molar refractivity (Wildman–Crippen MR) is 234 cm³/mol. The maximum Gasteiger partial charge on any atom is 0.164 e.